The van der Waals surface area contributed by atoms with Crippen molar-refractivity contribution in [1.29, 1.82) is 0 Å². The Balaban J connectivity index is 2.46. The van der Waals surface area contributed by atoms with Crippen molar-refractivity contribution in [2.24, 2.45) is 7.05 Å². The van der Waals surface area contributed by atoms with E-state index in [1.54, 1.807) is 0 Å². The summed E-state index contributed by atoms with van der Waals surface area (Å²) in [4.78, 5) is 15.1. The minimum absolute atomic E-state index is 0.0352. The predicted octanol–water partition coefficient (Wildman–Crippen LogP) is 2.02. The molecule has 0 saturated heterocycles. The van der Waals surface area contributed by atoms with Gasteiger partial charge in [0, 0.05) is 18.3 Å². The van der Waals surface area contributed by atoms with Crippen molar-refractivity contribution < 1.29 is 9.90 Å². The molecule has 0 fully saturated rings. The van der Waals surface area contributed by atoms with E-state index in [0.717, 1.165) is 17.1 Å². The van der Waals surface area contributed by atoms with Crippen molar-refractivity contribution in [3.05, 3.63) is 41.7 Å². The first-order valence-electron chi connectivity index (χ1n) is 5.39. The van der Waals surface area contributed by atoms with Gasteiger partial charge in [0.2, 0.25) is 0 Å². The molecule has 0 saturated carbocycles. The Hall–Kier alpha value is -2.10. The Bertz CT molecular complexity index is 544. The number of imidazole rings is 1. The lowest BCUT2D eigenvalue weighted by molar-refractivity contribution is -0.136. The SMILES string of the molecule is Cc1c(CC(=O)O)nc(-c2ccccc2)n1C. The van der Waals surface area contributed by atoms with Crippen LogP contribution in [0, 0.1) is 6.92 Å². The molecule has 4 nitrogen and oxygen atoms in total. The summed E-state index contributed by atoms with van der Waals surface area (Å²) in [6.45, 7) is 1.89. The van der Waals surface area contributed by atoms with Crippen molar-refractivity contribution in [2.75, 3.05) is 0 Å². The summed E-state index contributed by atoms with van der Waals surface area (Å²) >= 11 is 0. The van der Waals surface area contributed by atoms with Gasteiger partial charge in [0.1, 0.15) is 5.82 Å². The topological polar surface area (TPSA) is 55.1 Å². The molecule has 2 aromatic rings. The highest BCUT2D eigenvalue weighted by Crippen LogP contribution is 2.20. The molecule has 1 aromatic heterocycles. The van der Waals surface area contributed by atoms with Gasteiger partial charge in [0.15, 0.2) is 0 Å². The van der Waals surface area contributed by atoms with Gasteiger partial charge in [-0.25, -0.2) is 4.98 Å². The molecular weight excluding hydrogens is 216 g/mol. The van der Waals surface area contributed by atoms with E-state index in [2.05, 4.69) is 4.98 Å². The summed E-state index contributed by atoms with van der Waals surface area (Å²) in [5.41, 5.74) is 2.51. The van der Waals surface area contributed by atoms with E-state index in [4.69, 9.17) is 5.11 Å². The Morgan fingerprint density at radius 1 is 1.35 bits per heavy atom. The Morgan fingerprint density at radius 2 is 2.00 bits per heavy atom. The molecule has 88 valence electrons. The number of aromatic nitrogens is 2. The highest BCUT2D eigenvalue weighted by Gasteiger charge is 2.14. The van der Waals surface area contributed by atoms with Gasteiger partial charge in [-0.2, -0.15) is 0 Å². The van der Waals surface area contributed by atoms with Crippen molar-refractivity contribution in [3.63, 3.8) is 0 Å². The molecule has 1 N–H and O–H groups in total. The summed E-state index contributed by atoms with van der Waals surface area (Å²) in [6.07, 6.45) is -0.0352. The van der Waals surface area contributed by atoms with Crippen LogP contribution in [0.5, 0.6) is 0 Å². The first-order valence-corrected chi connectivity index (χ1v) is 5.39. The van der Waals surface area contributed by atoms with Crippen LogP contribution < -0.4 is 0 Å². The fourth-order valence-electron chi connectivity index (χ4n) is 1.79. The molecule has 1 aromatic carbocycles. The number of aliphatic carboxylic acids is 1. The quantitative estimate of drug-likeness (QED) is 0.877. The number of carbonyl (C=O) groups is 1. The van der Waals surface area contributed by atoms with Gasteiger partial charge in [-0.15, -0.1) is 0 Å². The predicted molar refractivity (Wildman–Crippen MR) is 64.7 cm³/mol. The average molecular weight is 230 g/mol. The van der Waals surface area contributed by atoms with Gasteiger partial charge >= 0.3 is 5.97 Å². The molecule has 0 aliphatic rings. The third-order valence-electron chi connectivity index (χ3n) is 2.83. The largest absolute Gasteiger partial charge is 0.481 e. The second-order valence-electron chi connectivity index (χ2n) is 3.96. The number of nitrogens with zero attached hydrogens (tertiary/aromatic N) is 2. The molecule has 0 amide bonds. The van der Waals surface area contributed by atoms with E-state index in [1.807, 2.05) is 48.9 Å². The van der Waals surface area contributed by atoms with E-state index < -0.39 is 5.97 Å². The molecule has 17 heavy (non-hydrogen) atoms. The molecule has 0 unspecified atom stereocenters. The minimum atomic E-state index is -0.856. The minimum Gasteiger partial charge on any atom is -0.481 e. The summed E-state index contributed by atoms with van der Waals surface area (Å²) in [5.74, 6) is -0.0508. The van der Waals surface area contributed by atoms with Crippen LogP contribution in [0.3, 0.4) is 0 Å². The zero-order valence-electron chi connectivity index (χ0n) is 9.84. The Labute approximate surface area is 99.5 Å². The van der Waals surface area contributed by atoms with Crippen LogP contribution in [0.2, 0.25) is 0 Å². The summed E-state index contributed by atoms with van der Waals surface area (Å²) in [5, 5.41) is 8.81. The van der Waals surface area contributed by atoms with Crippen LogP contribution in [0.15, 0.2) is 30.3 Å². The van der Waals surface area contributed by atoms with Crippen molar-refractivity contribution in [2.45, 2.75) is 13.3 Å². The van der Waals surface area contributed by atoms with Crippen LogP contribution in [0.4, 0.5) is 0 Å². The normalized spacial score (nSPS) is 10.5. The van der Waals surface area contributed by atoms with Crippen LogP contribution in [0.25, 0.3) is 11.4 Å². The number of carboxylic acid groups (broad SMARTS) is 1. The van der Waals surface area contributed by atoms with E-state index in [-0.39, 0.29) is 6.42 Å². The van der Waals surface area contributed by atoms with E-state index >= 15 is 0 Å². The lowest BCUT2D eigenvalue weighted by Crippen LogP contribution is -2.02. The van der Waals surface area contributed by atoms with Crippen molar-refractivity contribution in [1.82, 2.24) is 9.55 Å². The third kappa shape index (κ3) is 2.20. The fraction of sp³-hybridized carbons (Fsp3) is 0.231. The van der Waals surface area contributed by atoms with E-state index in [1.165, 1.54) is 0 Å². The Morgan fingerprint density at radius 3 is 2.59 bits per heavy atom. The summed E-state index contributed by atoms with van der Waals surface area (Å²) < 4.78 is 1.92. The fourth-order valence-corrected chi connectivity index (χ4v) is 1.79. The number of carboxylic acids is 1. The van der Waals surface area contributed by atoms with Gasteiger partial charge in [0.25, 0.3) is 0 Å². The zero-order chi connectivity index (χ0) is 12.4. The van der Waals surface area contributed by atoms with Crippen molar-refractivity contribution >= 4 is 5.97 Å². The van der Waals surface area contributed by atoms with Gasteiger partial charge in [0.05, 0.1) is 12.1 Å². The lowest BCUT2D eigenvalue weighted by atomic mass is 10.2. The monoisotopic (exact) mass is 230 g/mol. The first-order chi connectivity index (χ1) is 8.09. The molecule has 0 radical (unpaired) electrons. The molecule has 4 heteroatoms. The summed E-state index contributed by atoms with van der Waals surface area (Å²) in [7, 11) is 1.90. The molecule has 1 heterocycles. The van der Waals surface area contributed by atoms with Crippen molar-refractivity contribution in [3.8, 4) is 11.4 Å². The summed E-state index contributed by atoms with van der Waals surface area (Å²) in [6, 6.07) is 9.75. The van der Waals surface area contributed by atoms with Gasteiger partial charge in [-0.3, -0.25) is 4.79 Å². The van der Waals surface area contributed by atoms with Crippen LogP contribution in [-0.2, 0) is 18.3 Å². The molecule has 2 rings (SSSR count). The third-order valence-corrected chi connectivity index (χ3v) is 2.83. The average Bonchev–Trinajstić information content (AvgIpc) is 2.58. The molecule has 0 aliphatic carbocycles. The Kier molecular flexibility index (Phi) is 2.95. The maximum Gasteiger partial charge on any atom is 0.309 e. The van der Waals surface area contributed by atoms with Gasteiger partial charge in [-0.1, -0.05) is 30.3 Å². The molecule has 0 spiro atoms. The van der Waals surface area contributed by atoms with E-state index in [0.29, 0.717) is 5.69 Å². The maximum absolute atomic E-state index is 10.7. The highest BCUT2D eigenvalue weighted by atomic mass is 16.4. The number of hydrogen-bond donors (Lipinski definition) is 1. The number of rotatable bonds is 3. The van der Waals surface area contributed by atoms with Gasteiger partial charge in [-0.05, 0) is 6.92 Å². The maximum atomic E-state index is 10.7. The molecule has 0 bridgehead atoms. The highest BCUT2D eigenvalue weighted by molar-refractivity contribution is 5.70. The van der Waals surface area contributed by atoms with Crippen LogP contribution in [-0.4, -0.2) is 20.6 Å². The standard InChI is InChI=1S/C13H14N2O2/c1-9-11(8-12(16)17)14-13(15(9)2)10-6-4-3-5-7-10/h3-7H,8H2,1-2H3,(H,16,17). The lowest BCUT2D eigenvalue weighted by Gasteiger charge is -2.02. The zero-order valence-corrected chi connectivity index (χ0v) is 9.84. The second-order valence-corrected chi connectivity index (χ2v) is 3.96. The van der Waals surface area contributed by atoms with Gasteiger partial charge < -0.3 is 9.67 Å². The molecule has 0 atom stereocenters. The van der Waals surface area contributed by atoms with Crippen LogP contribution >= 0.6 is 0 Å². The first kappa shape index (κ1) is 11.4. The molecule has 0 aliphatic heterocycles. The smallest absolute Gasteiger partial charge is 0.309 e. The number of benzene rings is 1. The second kappa shape index (κ2) is 4.41. The molecular formula is C13H14N2O2. The number of hydrogen-bond acceptors (Lipinski definition) is 2. The van der Waals surface area contributed by atoms with Crippen LogP contribution in [0.1, 0.15) is 11.4 Å². The van der Waals surface area contributed by atoms with E-state index in [9.17, 15) is 4.79 Å².